The molecule has 0 bridgehead atoms. The molecule has 2 aliphatic heterocycles. The summed E-state index contributed by atoms with van der Waals surface area (Å²) >= 11 is 0. The van der Waals surface area contributed by atoms with Crippen LogP contribution in [-0.4, -0.2) is 70.0 Å². The average molecular weight is 529 g/mol. The molecule has 11 heteroatoms. The molecule has 4 rings (SSSR count). The zero-order valence-corrected chi connectivity index (χ0v) is 22.0. The lowest BCUT2D eigenvalue weighted by atomic mass is 10.0. The van der Waals surface area contributed by atoms with E-state index in [1.807, 2.05) is 6.92 Å². The van der Waals surface area contributed by atoms with Crippen molar-refractivity contribution in [3.63, 3.8) is 0 Å². The molecular weight excluding hydrogens is 494 g/mol. The lowest BCUT2D eigenvalue weighted by Gasteiger charge is -2.36. The van der Waals surface area contributed by atoms with Crippen molar-refractivity contribution in [2.24, 2.45) is 10.7 Å². The molecule has 1 saturated heterocycles. The molecule has 0 unspecified atom stereocenters. The van der Waals surface area contributed by atoms with E-state index < -0.39 is 17.2 Å². The topological polar surface area (TPSA) is 117 Å². The highest BCUT2D eigenvalue weighted by Gasteiger charge is 2.34. The van der Waals surface area contributed by atoms with Crippen LogP contribution in [0.5, 0.6) is 5.75 Å². The van der Waals surface area contributed by atoms with Gasteiger partial charge < -0.3 is 25.4 Å². The summed E-state index contributed by atoms with van der Waals surface area (Å²) in [4.78, 5) is 30.5. The van der Waals surface area contributed by atoms with E-state index in [0.29, 0.717) is 68.2 Å². The molecule has 0 atom stereocenters. The Morgan fingerprint density at radius 3 is 2.61 bits per heavy atom. The van der Waals surface area contributed by atoms with E-state index in [4.69, 9.17) is 20.4 Å². The molecule has 2 aromatic rings. The second-order valence-corrected chi connectivity index (χ2v) is 9.95. The summed E-state index contributed by atoms with van der Waals surface area (Å²) in [6.07, 6.45) is 4.59. The number of nitrogens with zero attached hydrogens (tertiary/aromatic N) is 5. The number of carbonyl (C=O) groups excluding carboxylic acids is 1. The number of hydrogen-bond donors (Lipinski definition) is 2. The van der Waals surface area contributed by atoms with Crippen LogP contribution in [0.2, 0.25) is 0 Å². The van der Waals surface area contributed by atoms with E-state index in [1.165, 1.54) is 32.2 Å². The highest BCUT2D eigenvalue weighted by atomic mass is 19.1. The molecule has 38 heavy (non-hydrogen) atoms. The predicted molar refractivity (Wildman–Crippen MR) is 141 cm³/mol. The number of benzene rings is 1. The zero-order valence-electron chi connectivity index (χ0n) is 22.0. The van der Waals surface area contributed by atoms with Crippen LogP contribution in [0.25, 0.3) is 5.57 Å². The van der Waals surface area contributed by atoms with Gasteiger partial charge >= 0.3 is 0 Å². The number of allylic oxidation sites excluding steroid dienone is 1. The SMILES string of the molecule is CCN=C/C(=C\N)c1nc2c(nc1N1CCC(Oc3ccc(F)cc3F)CC1)CCN(C(=O)C(C)(C)O)C2. The monoisotopic (exact) mass is 528 g/mol. The number of nitrogens with two attached hydrogens (primary N) is 1. The summed E-state index contributed by atoms with van der Waals surface area (Å²) in [5.74, 6) is -1.03. The maximum atomic E-state index is 14.1. The fourth-order valence-corrected chi connectivity index (χ4v) is 4.61. The van der Waals surface area contributed by atoms with E-state index in [2.05, 4.69) is 9.89 Å². The summed E-state index contributed by atoms with van der Waals surface area (Å²) in [6.45, 7) is 7.26. The van der Waals surface area contributed by atoms with Gasteiger partial charge in [0.2, 0.25) is 0 Å². The van der Waals surface area contributed by atoms with E-state index in [9.17, 15) is 18.7 Å². The van der Waals surface area contributed by atoms with Crippen LogP contribution in [-0.2, 0) is 17.8 Å². The normalized spacial score (nSPS) is 17.2. The summed E-state index contributed by atoms with van der Waals surface area (Å²) < 4.78 is 33.1. The number of piperidine rings is 1. The van der Waals surface area contributed by atoms with E-state index in [1.54, 1.807) is 11.1 Å². The van der Waals surface area contributed by atoms with Crippen LogP contribution in [0.15, 0.2) is 29.4 Å². The molecule has 1 aromatic heterocycles. The Labute approximate surface area is 221 Å². The number of amides is 1. The van der Waals surface area contributed by atoms with Gasteiger partial charge in [-0.1, -0.05) is 0 Å². The number of anilines is 1. The largest absolute Gasteiger partial charge is 0.487 e. The van der Waals surface area contributed by atoms with Gasteiger partial charge in [0.05, 0.1) is 17.9 Å². The first-order valence-electron chi connectivity index (χ1n) is 12.8. The quantitative estimate of drug-likeness (QED) is 0.531. The van der Waals surface area contributed by atoms with Gasteiger partial charge in [0.1, 0.15) is 23.2 Å². The molecule has 2 aliphatic rings. The number of aliphatic hydroxyl groups is 1. The van der Waals surface area contributed by atoms with Crippen LogP contribution < -0.4 is 15.4 Å². The number of aliphatic imine (C=N–C) groups is 1. The van der Waals surface area contributed by atoms with Gasteiger partial charge in [-0.3, -0.25) is 9.79 Å². The Bertz CT molecular complexity index is 1240. The first-order chi connectivity index (χ1) is 18.1. The Hall–Kier alpha value is -3.60. The number of hydrogen-bond acceptors (Lipinski definition) is 8. The fourth-order valence-electron chi connectivity index (χ4n) is 4.61. The van der Waals surface area contributed by atoms with Crippen LogP contribution in [0, 0.1) is 11.6 Å². The average Bonchev–Trinajstić information content (AvgIpc) is 2.89. The van der Waals surface area contributed by atoms with Crippen LogP contribution >= 0.6 is 0 Å². The van der Waals surface area contributed by atoms with Gasteiger partial charge in [-0.25, -0.2) is 18.7 Å². The minimum atomic E-state index is -1.48. The number of ether oxygens (including phenoxy) is 1. The summed E-state index contributed by atoms with van der Waals surface area (Å²) in [5, 5.41) is 10.2. The number of rotatable bonds is 7. The van der Waals surface area contributed by atoms with Crippen molar-refractivity contribution >= 4 is 23.5 Å². The smallest absolute Gasteiger partial charge is 0.254 e. The molecular formula is C27H34F2N6O3. The molecule has 1 fully saturated rings. The Morgan fingerprint density at radius 2 is 1.97 bits per heavy atom. The number of fused-ring (bicyclic) bond motifs is 1. The third kappa shape index (κ3) is 6.09. The molecule has 9 nitrogen and oxygen atoms in total. The van der Waals surface area contributed by atoms with Crippen molar-refractivity contribution in [1.29, 1.82) is 0 Å². The van der Waals surface area contributed by atoms with Crippen LogP contribution in [0.4, 0.5) is 14.6 Å². The third-order valence-electron chi connectivity index (χ3n) is 6.60. The predicted octanol–water partition coefficient (Wildman–Crippen LogP) is 2.85. The molecule has 3 N–H and O–H groups in total. The molecule has 0 radical (unpaired) electrons. The van der Waals surface area contributed by atoms with Gasteiger partial charge in [0.25, 0.3) is 5.91 Å². The van der Waals surface area contributed by atoms with Crippen molar-refractivity contribution in [2.75, 3.05) is 31.1 Å². The summed E-state index contributed by atoms with van der Waals surface area (Å²) in [5.41, 5.74) is 7.10. The molecule has 0 spiro atoms. The molecule has 1 amide bonds. The maximum absolute atomic E-state index is 14.1. The van der Waals surface area contributed by atoms with E-state index in [0.717, 1.165) is 11.8 Å². The van der Waals surface area contributed by atoms with Crippen molar-refractivity contribution in [3.05, 3.63) is 53.1 Å². The second kappa shape index (κ2) is 11.4. The van der Waals surface area contributed by atoms with Crippen molar-refractivity contribution < 1.29 is 23.4 Å². The van der Waals surface area contributed by atoms with Gasteiger partial charge in [-0.15, -0.1) is 0 Å². The standard InChI is InChI=1S/C27H34F2N6O3/c1-4-31-15-17(14-30)24-25(33-21-9-12-35(16-22(21)32-24)26(36)27(2,3)37)34-10-7-19(8-11-34)38-23-6-5-18(28)13-20(23)29/h5-6,13-15,19,37H,4,7-12,16,30H2,1-3H3/b17-14+,31-15?. The highest BCUT2D eigenvalue weighted by Crippen LogP contribution is 2.31. The summed E-state index contributed by atoms with van der Waals surface area (Å²) in [6, 6.07) is 3.30. The Kier molecular flexibility index (Phi) is 8.25. The first kappa shape index (κ1) is 27.4. The molecule has 204 valence electrons. The third-order valence-corrected chi connectivity index (χ3v) is 6.60. The highest BCUT2D eigenvalue weighted by molar-refractivity contribution is 6.10. The summed E-state index contributed by atoms with van der Waals surface area (Å²) in [7, 11) is 0. The number of carbonyl (C=O) groups is 1. The van der Waals surface area contributed by atoms with Crippen LogP contribution in [0.1, 0.15) is 50.7 Å². The fraction of sp³-hybridized carbons (Fsp3) is 0.481. The van der Waals surface area contributed by atoms with Crippen LogP contribution in [0.3, 0.4) is 0 Å². The molecule has 0 aliphatic carbocycles. The van der Waals surface area contributed by atoms with Gasteiger partial charge in [0, 0.05) is 69.5 Å². The number of aromatic nitrogens is 2. The van der Waals surface area contributed by atoms with Crippen molar-refractivity contribution in [1.82, 2.24) is 14.9 Å². The van der Waals surface area contributed by atoms with Crippen molar-refractivity contribution in [2.45, 2.75) is 58.3 Å². The van der Waals surface area contributed by atoms with Crippen molar-refractivity contribution in [3.8, 4) is 5.75 Å². The van der Waals surface area contributed by atoms with Gasteiger partial charge in [-0.05, 0) is 32.9 Å². The molecule has 0 saturated carbocycles. The van der Waals surface area contributed by atoms with Gasteiger partial charge in [-0.2, -0.15) is 0 Å². The molecule has 1 aromatic carbocycles. The van der Waals surface area contributed by atoms with E-state index in [-0.39, 0.29) is 24.3 Å². The first-order valence-corrected chi connectivity index (χ1v) is 12.8. The minimum Gasteiger partial charge on any atom is -0.487 e. The lowest BCUT2D eigenvalue weighted by Crippen LogP contribution is -2.47. The number of halogens is 2. The Balaban J connectivity index is 1.58. The molecule has 3 heterocycles. The van der Waals surface area contributed by atoms with E-state index >= 15 is 0 Å². The zero-order chi connectivity index (χ0) is 27.4. The maximum Gasteiger partial charge on any atom is 0.254 e. The lowest BCUT2D eigenvalue weighted by molar-refractivity contribution is -0.148. The second-order valence-electron chi connectivity index (χ2n) is 9.95. The van der Waals surface area contributed by atoms with Gasteiger partial charge in [0.15, 0.2) is 17.4 Å². The minimum absolute atomic E-state index is 0.0356. The Morgan fingerprint density at radius 1 is 1.24 bits per heavy atom.